The molecule has 5 nitrogen and oxygen atoms in total. The van der Waals surface area contributed by atoms with E-state index in [0.717, 1.165) is 24.8 Å². The van der Waals surface area contributed by atoms with Crippen molar-refractivity contribution in [3.63, 3.8) is 0 Å². The summed E-state index contributed by atoms with van der Waals surface area (Å²) in [7, 11) is 0. The Hall–Kier alpha value is -2.58. The molecule has 0 saturated carbocycles. The third-order valence-electron chi connectivity index (χ3n) is 4.57. The number of hydrogen-bond donors (Lipinski definition) is 0. The lowest BCUT2D eigenvalue weighted by atomic mass is 10.1. The number of rotatable bonds is 4. The molecule has 2 aromatic rings. The van der Waals surface area contributed by atoms with E-state index in [0.29, 0.717) is 35.1 Å². The van der Waals surface area contributed by atoms with Gasteiger partial charge in [0.2, 0.25) is 0 Å². The Balaban J connectivity index is 1.60. The van der Waals surface area contributed by atoms with Gasteiger partial charge in [0, 0.05) is 38.2 Å². The highest BCUT2D eigenvalue weighted by Gasteiger charge is 2.26. The van der Waals surface area contributed by atoms with Gasteiger partial charge in [0.15, 0.2) is 0 Å². The van der Waals surface area contributed by atoms with Gasteiger partial charge in [-0.15, -0.1) is 0 Å². The lowest BCUT2D eigenvalue weighted by Crippen LogP contribution is -2.42. The first-order valence-electron chi connectivity index (χ1n) is 8.71. The van der Waals surface area contributed by atoms with Crippen LogP contribution in [-0.4, -0.2) is 35.0 Å². The van der Waals surface area contributed by atoms with Crippen LogP contribution in [0.4, 0.5) is 0 Å². The maximum absolute atomic E-state index is 12.7. The van der Waals surface area contributed by atoms with Crippen LogP contribution in [0, 0.1) is 11.3 Å². The van der Waals surface area contributed by atoms with E-state index in [1.165, 1.54) is 0 Å². The van der Waals surface area contributed by atoms with E-state index in [1.807, 2.05) is 30.0 Å². The Kier molecular flexibility index (Phi) is 5.75. The fourth-order valence-corrected chi connectivity index (χ4v) is 3.31. The third-order valence-corrected chi connectivity index (χ3v) is 4.88. The quantitative estimate of drug-likeness (QED) is 0.820. The molecule has 1 aliphatic heterocycles. The molecule has 0 radical (unpaired) electrons. The number of hydrogen-bond acceptors (Lipinski definition) is 4. The molecular formula is C20H20ClN3O2. The minimum absolute atomic E-state index is 0.0117. The topological polar surface area (TPSA) is 66.2 Å². The highest BCUT2D eigenvalue weighted by Crippen LogP contribution is 2.25. The number of carbonyl (C=O) groups is 1. The molecule has 1 aliphatic rings. The molecule has 134 valence electrons. The number of nitriles is 1. The second kappa shape index (κ2) is 8.20. The molecule has 0 spiro atoms. The SMILES string of the molecule is CCc1cccnc1C(=O)N1CCC(Oc2ccc(C#N)c(Cl)c2)CC1. The lowest BCUT2D eigenvalue weighted by molar-refractivity contribution is 0.0589. The molecule has 0 N–H and O–H groups in total. The molecule has 26 heavy (non-hydrogen) atoms. The number of carbonyl (C=O) groups excluding carboxylic acids is 1. The second-order valence-electron chi connectivity index (χ2n) is 6.23. The highest BCUT2D eigenvalue weighted by atomic mass is 35.5. The number of pyridine rings is 1. The van der Waals surface area contributed by atoms with Gasteiger partial charge in [0.25, 0.3) is 5.91 Å². The first-order chi connectivity index (χ1) is 12.6. The average molecular weight is 370 g/mol. The van der Waals surface area contributed by atoms with E-state index < -0.39 is 0 Å². The van der Waals surface area contributed by atoms with Gasteiger partial charge >= 0.3 is 0 Å². The number of benzene rings is 1. The zero-order valence-corrected chi connectivity index (χ0v) is 15.4. The van der Waals surface area contributed by atoms with Crippen LogP contribution in [0.15, 0.2) is 36.5 Å². The molecule has 2 heterocycles. The zero-order valence-electron chi connectivity index (χ0n) is 14.6. The second-order valence-corrected chi connectivity index (χ2v) is 6.63. The van der Waals surface area contributed by atoms with Crippen molar-refractivity contribution in [2.24, 2.45) is 0 Å². The first kappa shape index (κ1) is 18.2. The molecule has 0 bridgehead atoms. The average Bonchev–Trinajstić information content (AvgIpc) is 2.68. The highest BCUT2D eigenvalue weighted by molar-refractivity contribution is 6.31. The van der Waals surface area contributed by atoms with Crippen molar-refractivity contribution in [3.05, 3.63) is 58.4 Å². The number of ether oxygens (including phenoxy) is 1. The van der Waals surface area contributed by atoms with Gasteiger partial charge in [-0.2, -0.15) is 5.26 Å². The van der Waals surface area contributed by atoms with Gasteiger partial charge in [-0.3, -0.25) is 9.78 Å². The number of piperidine rings is 1. The number of aryl methyl sites for hydroxylation is 1. The smallest absolute Gasteiger partial charge is 0.272 e. The Morgan fingerprint density at radius 1 is 1.38 bits per heavy atom. The molecule has 0 unspecified atom stereocenters. The first-order valence-corrected chi connectivity index (χ1v) is 9.09. The number of halogens is 1. The maximum atomic E-state index is 12.7. The van der Waals surface area contributed by atoms with E-state index >= 15 is 0 Å². The summed E-state index contributed by atoms with van der Waals surface area (Å²) in [5, 5.41) is 9.31. The predicted molar refractivity (Wildman–Crippen MR) is 99.3 cm³/mol. The number of nitrogens with zero attached hydrogens (tertiary/aromatic N) is 3. The van der Waals surface area contributed by atoms with Crippen molar-refractivity contribution in [2.75, 3.05) is 13.1 Å². The van der Waals surface area contributed by atoms with Crippen LogP contribution in [0.1, 0.15) is 41.4 Å². The van der Waals surface area contributed by atoms with Crippen molar-refractivity contribution >= 4 is 17.5 Å². The normalized spacial score (nSPS) is 14.7. The van der Waals surface area contributed by atoms with Crippen molar-refractivity contribution in [2.45, 2.75) is 32.3 Å². The van der Waals surface area contributed by atoms with Gasteiger partial charge in [0.1, 0.15) is 23.6 Å². The zero-order chi connectivity index (χ0) is 18.5. The van der Waals surface area contributed by atoms with Crippen LogP contribution < -0.4 is 4.74 Å². The Bertz CT molecular complexity index is 839. The minimum atomic E-state index is -0.0117. The summed E-state index contributed by atoms with van der Waals surface area (Å²) < 4.78 is 5.97. The van der Waals surface area contributed by atoms with Crippen LogP contribution in [0.2, 0.25) is 5.02 Å². The van der Waals surface area contributed by atoms with E-state index in [-0.39, 0.29) is 12.0 Å². The standard InChI is InChI=1S/C20H20ClN3O2/c1-2-14-4-3-9-23-19(14)20(25)24-10-7-16(8-11-24)26-17-6-5-15(13-22)18(21)12-17/h3-6,9,12,16H,2,7-8,10-11H2,1H3. The van der Waals surface area contributed by atoms with Crippen LogP contribution in [-0.2, 0) is 6.42 Å². The monoisotopic (exact) mass is 369 g/mol. The van der Waals surface area contributed by atoms with Gasteiger partial charge in [-0.25, -0.2) is 0 Å². The molecule has 0 atom stereocenters. The van der Waals surface area contributed by atoms with Gasteiger partial charge in [-0.1, -0.05) is 24.6 Å². The summed E-state index contributed by atoms with van der Waals surface area (Å²) in [6.45, 7) is 3.29. The van der Waals surface area contributed by atoms with Crippen LogP contribution in [0.5, 0.6) is 5.75 Å². The van der Waals surface area contributed by atoms with Crippen LogP contribution in [0.25, 0.3) is 0 Å². The predicted octanol–water partition coefficient (Wildman–Crippen LogP) is 3.85. The van der Waals surface area contributed by atoms with E-state index in [1.54, 1.807) is 24.4 Å². The van der Waals surface area contributed by atoms with Crippen molar-refractivity contribution in [1.82, 2.24) is 9.88 Å². The van der Waals surface area contributed by atoms with Crippen molar-refractivity contribution in [1.29, 1.82) is 5.26 Å². The Morgan fingerprint density at radius 3 is 2.81 bits per heavy atom. The molecule has 3 rings (SSSR count). The summed E-state index contributed by atoms with van der Waals surface area (Å²) in [6.07, 6.45) is 3.97. The molecule has 6 heteroatoms. The van der Waals surface area contributed by atoms with E-state index in [4.69, 9.17) is 21.6 Å². The summed E-state index contributed by atoms with van der Waals surface area (Å²) in [4.78, 5) is 18.8. The van der Waals surface area contributed by atoms with Gasteiger partial charge in [-0.05, 0) is 30.2 Å². The molecule has 0 aliphatic carbocycles. The van der Waals surface area contributed by atoms with Crippen LogP contribution >= 0.6 is 11.6 Å². The summed E-state index contributed by atoms with van der Waals surface area (Å²) >= 11 is 6.05. The fraction of sp³-hybridized carbons (Fsp3) is 0.350. The van der Waals surface area contributed by atoms with E-state index in [9.17, 15) is 4.79 Å². The largest absolute Gasteiger partial charge is 0.490 e. The summed E-state index contributed by atoms with van der Waals surface area (Å²) in [6, 6.07) is 10.9. The van der Waals surface area contributed by atoms with E-state index in [2.05, 4.69) is 4.98 Å². The molecule has 1 fully saturated rings. The fourth-order valence-electron chi connectivity index (χ4n) is 3.10. The molecule has 1 aromatic heterocycles. The van der Waals surface area contributed by atoms with Crippen molar-refractivity contribution in [3.8, 4) is 11.8 Å². The maximum Gasteiger partial charge on any atom is 0.272 e. The Labute approximate surface area is 158 Å². The summed E-state index contributed by atoms with van der Waals surface area (Å²) in [5.41, 5.74) is 1.96. The van der Waals surface area contributed by atoms with Gasteiger partial charge < -0.3 is 9.64 Å². The number of amides is 1. The van der Waals surface area contributed by atoms with Crippen LogP contribution in [0.3, 0.4) is 0 Å². The third kappa shape index (κ3) is 3.97. The molecular weight excluding hydrogens is 350 g/mol. The van der Waals surface area contributed by atoms with Crippen molar-refractivity contribution < 1.29 is 9.53 Å². The Morgan fingerprint density at radius 2 is 2.15 bits per heavy atom. The molecule has 1 saturated heterocycles. The minimum Gasteiger partial charge on any atom is -0.490 e. The lowest BCUT2D eigenvalue weighted by Gasteiger charge is -2.32. The molecule has 1 aromatic carbocycles. The number of aromatic nitrogens is 1. The number of likely N-dealkylation sites (tertiary alicyclic amines) is 1. The molecule has 1 amide bonds. The van der Waals surface area contributed by atoms with Gasteiger partial charge in [0.05, 0.1) is 10.6 Å². The summed E-state index contributed by atoms with van der Waals surface area (Å²) in [5.74, 6) is 0.638.